The molecule has 4 nitrogen and oxygen atoms in total. The Hall–Kier alpha value is -2.53. The quantitative estimate of drug-likeness (QED) is 0.671. The van der Waals surface area contributed by atoms with Gasteiger partial charge in [0.05, 0.1) is 11.4 Å². The third-order valence-electron chi connectivity index (χ3n) is 4.99. The number of amides is 1. The molecule has 4 rings (SSSR count). The van der Waals surface area contributed by atoms with Crippen LogP contribution >= 0.6 is 11.8 Å². The number of H-pyrrole nitrogens is 1. The highest BCUT2D eigenvalue weighted by molar-refractivity contribution is 7.99. The first-order chi connectivity index (χ1) is 13.1. The molecule has 5 heteroatoms. The summed E-state index contributed by atoms with van der Waals surface area (Å²) in [5.41, 5.74) is 5.64. The molecule has 1 unspecified atom stereocenters. The van der Waals surface area contributed by atoms with Crippen LogP contribution in [0, 0.1) is 6.92 Å². The zero-order chi connectivity index (χ0) is 18.8. The van der Waals surface area contributed by atoms with Gasteiger partial charge in [-0.15, -0.1) is 0 Å². The molecule has 0 bridgehead atoms. The summed E-state index contributed by atoms with van der Waals surface area (Å²) in [5.74, 6) is 0.521. The molecule has 0 fully saturated rings. The van der Waals surface area contributed by atoms with Crippen LogP contribution in [0.25, 0.3) is 0 Å². The van der Waals surface area contributed by atoms with Crippen LogP contribution in [0.4, 0.5) is 5.69 Å². The van der Waals surface area contributed by atoms with Crippen LogP contribution in [0.5, 0.6) is 0 Å². The normalized spacial score (nSPS) is 15.8. The molecule has 0 saturated heterocycles. The fraction of sp³-hybridized carbons (Fsp3) is 0.273. The zero-order valence-corrected chi connectivity index (χ0v) is 16.4. The Balaban J connectivity index is 1.42. The largest absolute Gasteiger partial charge is 0.337 e. The lowest BCUT2D eigenvalue weighted by atomic mass is 10.1. The molecule has 27 heavy (non-hydrogen) atoms. The third kappa shape index (κ3) is 3.78. The van der Waals surface area contributed by atoms with Crippen LogP contribution in [-0.2, 0) is 17.6 Å². The predicted octanol–water partition coefficient (Wildman–Crippen LogP) is 4.38. The summed E-state index contributed by atoms with van der Waals surface area (Å²) in [7, 11) is 0. The number of thioether (sulfide) groups is 1. The van der Waals surface area contributed by atoms with E-state index in [1.807, 2.05) is 48.2 Å². The highest BCUT2D eigenvalue weighted by atomic mass is 32.2. The number of nitrogens with zero attached hydrogens (tertiary/aromatic N) is 2. The van der Waals surface area contributed by atoms with E-state index < -0.39 is 0 Å². The number of anilines is 1. The Labute approximate surface area is 164 Å². The van der Waals surface area contributed by atoms with E-state index >= 15 is 0 Å². The number of rotatable bonds is 5. The van der Waals surface area contributed by atoms with E-state index in [1.165, 1.54) is 22.9 Å². The van der Waals surface area contributed by atoms with Crippen molar-refractivity contribution < 1.29 is 4.79 Å². The van der Waals surface area contributed by atoms with Crippen molar-refractivity contribution in [2.24, 2.45) is 0 Å². The average Bonchev–Trinajstić information content (AvgIpc) is 3.19. The standard InChI is InChI=1S/C22H23N3OS/c1-15-12-18-10-6-7-11-20(18)25(15)21(26)14-27-22-23-16(2)19(24-22)13-17-8-4-3-5-9-17/h3-11,15H,12-14H2,1-2H3,(H,23,24). The number of aromatic amines is 1. The number of imidazole rings is 1. The molecule has 1 aliphatic rings. The SMILES string of the molecule is Cc1[nH]c(SCC(=O)N2c3ccccc3CC2C)nc1Cc1ccccc1. The number of aromatic nitrogens is 2. The average molecular weight is 378 g/mol. The number of fused-ring (bicyclic) bond motifs is 1. The van der Waals surface area contributed by atoms with Gasteiger partial charge in [-0.25, -0.2) is 4.98 Å². The van der Waals surface area contributed by atoms with E-state index in [2.05, 4.69) is 30.1 Å². The number of benzene rings is 2. The van der Waals surface area contributed by atoms with E-state index in [4.69, 9.17) is 4.98 Å². The first kappa shape index (κ1) is 17.9. The van der Waals surface area contributed by atoms with Crippen molar-refractivity contribution in [3.05, 3.63) is 77.1 Å². The Bertz CT molecular complexity index is 951. The predicted molar refractivity (Wildman–Crippen MR) is 110 cm³/mol. The van der Waals surface area contributed by atoms with Gasteiger partial charge in [0.1, 0.15) is 0 Å². The summed E-state index contributed by atoms with van der Waals surface area (Å²) in [4.78, 5) is 22.8. The van der Waals surface area contributed by atoms with E-state index in [9.17, 15) is 4.79 Å². The van der Waals surface area contributed by atoms with Crippen LogP contribution in [0.1, 0.15) is 29.4 Å². The maximum absolute atomic E-state index is 12.8. The Kier molecular flexibility index (Phi) is 5.03. The highest BCUT2D eigenvalue weighted by Gasteiger charge is 2.30. The van der Waals surface area contributed by atoms with Gasteiger partial charge in [-0.2, -0.15) is 0 Å². The number of carbonyl (C=O) groups excluding carboxylic acids is 1. The Morgan fingerprint density at radius 2 is 1.93 bits per heavy atom. The van der Waals surface area contributed by atoms with E-state index in [0.717, 1.165) is 35.1 Å². The van der Waals surface area contributed by atoms with Gasteiger partial charge in [0.25, 0.3) is 0 Å². The lowest BCUT2D eigenvalue weighted by Gasteiger charge is -2.22. The number of hydrogen-bond donors (Lipinski definition) is 1. The van der Waals surface area contributed by atoms with Gasteiger partial charge < -0.3 is 9.88 Å². The smallest absolute Gasteiger partial charge is 0.237 e. The third-order valence-corrected chi connectivity index (χ3v) is 5.84. The second-order valence-corrected chi connectivity index (χ2v) is 7.97. The van der Waals surface area contributed by atoms with E-state index in [1.54, 1.807) is 0 Å². The van der Waals surface area contributed by atoms with Crippen molar-refractivity contribution in [1.82, 2.24) is 9.97 Å². The zero-order valence-electron chi connectivity index (χ0n) is 15.6. The number of aryl methyl sites for hydroxylation is 1. The van der Waals surface area contributed by atoms with Crippen molar-refractivity contribution in [3.8, 4) is 0 Å². The fourth-order valence-electron chi connectivity index (χ4n) is 3.64. The maximum atomic E-state index is 12.8. The molecule has 2 heterocycles. The molecule has 0 aliphatic carbocycles. The van der Waals surface area contributed by atoms with Crippen LogP contribution < -0.4 is 4.90 Å². The summed E-state index contributed by atoms with van der Waals surface area (Å²) in [6.45, 7) is 4.15. The lowest BCUT2D eigenvalue weighted by molar-refractivity contribution is -0.116. The summed E-state index contributed by atoms with van der Waals surface area (Å²) < 4.78 is 0. The minimum atomic E-state index is 0.135. The summed E-state index contributed by atoms with van der Waals surface area (Å²) >= 11 is 1.48. The Morgan fingerprint density at radius 3 is 2.74 bits per heavy atom. The molecule has 3 aromatic rings. The monoisotopic (exact) mass is 377 g/mol. The summed E-state index contributed by atoms with van der Waals surface area (Å²) in [6, 6.07) is 18.7. The van der Waals surface area contributed by atoms with Gasteiger partial charge in [0.15, 0.2) is 5.16 Å². The molecule has 2 aromatic carbocycles. The first-order valence-corrected chi connectivity index (χ1v) is 10.2. The van der Waals surface area contributed by atoms with Crippen molar-refractivity contribution in [2.75, 3.05) is 10.7 Å². The molecule has 1 atom stereocenters. The molecule has 138 valence electrons. The molecule has 1 aromatic heterocycles. The minimum absolute atomic E-state index is 0.135. The first-order valence-electron chi connectivity index (χ1n) is 9.24. The van der Waals surface area contributed by atoms with Gasteiger partial charge in [0.2, 0.25) is 5.91 Å². The number of para-hydroxylation sites is 1. The summed E-state index contributed by atoms with van der Waals surface area (Å²) in [6.07, 6.45) is 1.72. The topological polar surface area (TPSA) is 49.0 Å². The molecule has 1 N–H and O–H groups in total. The molecule has 0 spiro atoms. The van der Waals surface area contributed by atoms with Crippen molar-refractivity contribution >= 4 is 23.4 Å². The maximum Gasteiger partial charge on any atom is 0.237 e. The minimum Gasteiger partial charge on any atom is -0.337 e. The molecule has 0 radical (unpaired) electrons. The van der Waals surface area contributed by atoms with E-state index in [0.29, 0.717) is 5.75 Å². The van der Waals surface area contributed by atoms with Gasteiger partial charge in [-0.05, 0) is 37.5 Å². The number of nitrogens with one attached hydrogen (secondary N) is 1. The Morgan fingerprint density at radius 1 is 1.19 bits per heavy atom. The lowest BCUT2D eigenvalue weighted by Crippen LogP contribution is -2.37. The fourth-order valence-corrected chi connectivity index (χ4v) is 4.44. The van der Waals surface area contributed by atoms with Crippen LogP contribution in [0.15, 0.2) is 59.8 Å². The molecule has 1 amide bonds. The van der Waals surface area contributed by atoms with Crippen molar-refractivity contribution in [2.45, 2.75) is 37.9 Å². The van der Waals surface area contributed by atoms with Crippen molar-refractivity contribution in [1.29, 1.82) is 0 Å². The van der Waals surface area contributed by atoms with Gasteiger partial charge in [0, 0.05) is 23.8 Å². The van der Waals surface area contributed by atoms with Gasteiger partial charge >= 0.3 is 0 Å². The second-order valence-electron chi connectivity index (χ2n) is 7.01. The molecular formula is C22H23N3OS. The number of carbonyl (C=O) groups is 1. The second kappa shape index (κ2) is 7.61. The summed E-state index contributed by atoms with van der Waals surface area (Å²) in [5, 5.41) is 0.812. The van der Waals surface area contributed by atoms with Gasteiger partial charge in [-0.3, -0.25) is 4.79 Å². The molecule has 0 saturated carbocycles. The van der Waals surface area contributed by atoms with Crippen molar-refractivity contribution in [3.63, 3.8) is 0 Å². The molecular weight excluding hydrogens is 354 g/mol. The molecule has 1 aliphatic heterocycles. The number of hydrogen-bond acceptors (Lipinski definition) is 3. The van der Waals surface area contributed by atoms with Crippen LogP contribution in [-0.4, -0.2) is 27.7 Å². The van der Waals surface area contributed by atoms with Crippen LogP contribution in [0.3, 0.4) is 0 Å². The highest BCUT2D eigenvalue weighted by Crippen LogP contribution is 2.32. The van der Waals surface area contributed by atoms with Gasteiger partial charge in [-0.1, -0.05) is 60.3 Å². The van der Waals surface area contributed by atoms with E-state index in [-0.39, 0.29) is 11.9 Å². The van der Waals surface area contributed by atoms with Crippen LogP contribution in [0.2, 0.25) is 0 Å².